The van der Waals surface area contributed by atoms with Gasteiger partial charge in [0.1, 0.15) is 0 Å². The summed E-state index contributed by atoms with van der Waals surface area (Å²) in [6.45, 7) is 1.68. The maximum atomic E-state index is 12.3. The highest BCUT2D eigenvalue weighted by molar-refractivity contribution is 5.85. The smallest absolute Gasteiger partial charge is 0.416 e. The van der Waals surface area contributed by atoms with Gasteiger partial charge in [0.15, 0.2) is 0 Å². The fourth-order valence-electron chi connectivity index (χ4n) is 1.19. The molecule has 0 aliphatic heterocycles. The zero-order chi connectivity index (χ0) is 13.8. The Bertz CT molecular complexity index is 449. The van der Waals surface area contributed by atoms with Crippen LogP contribution < -0.4 is 5.32 Å². The highest BCUT2D eigenvalue weighted by atomic mass is 19.4. The Labute approximate surface area is 102 Å². The minimum atomic E-state index is -4.35. The zero-order valence-corrected chi connectivity index (χ0v) is 9.58. The van der Waals surface area contributed by atoms with Gasteiger partial charge >= 0.3 is 12.1 Å². The first-order chi connectivity index (χ1) is 8.30. The van der Waals surface area contributed by atoms with Crippen LogP contribution in [0.1, 0.15) is 12.5 Å². The molecule has 0 atom stereocenters. The van der Waals surface area contributed by atoms with E-state index in [9.17, 15) is 18.0 Å². The molecule has 6 heteroatoms. The Morgan fingerprint density at radius 1 is 1.33 bits per heavy atom. The molecule has 0 saturated carbocycles. The molecule has 0 spiro atoms. The zero-order valence-electron chi connectivity index (χ0n) is 9.58. The predicted molar refractivity (Wildman–Crippen MR) is 61.3 cm³/mol. The summed E-state index contributed by atoms with van der Waals surface area (Å²) < 4.78 is 36.8. The fourth-order valence-corrected chi connectivity index (χ4v) is 1.19. The summed E-state index contributed by atoms with van der Waals surface area (Å²) in [5.74, 6) is -1.02. The number of nitrogens with one attached hydrogen (secondary N) is 1. The molecule has 0 saturated heterocycles. The molecule has 0 radical (unpaired) electrons. The molecular weight excluding hydrogens is 247 g/mol. The number of alkyl halides is 3. The van der Waals surface area contributed by atoms with Crippen molar-refractivity contribution in [2.45, 2.75) is 13.1 Å². The van der Waals surface area contributed by atoms with E-state index in [1.807, 2.05) is 0 Å². The number of halogens is 3. The highest BCUT2D eigenvalue weighted by Gasteiger charge is 2.29. The van der Waals surface area contributed by atoms with Gasteiger partial charge in [0, 0.05) is 17.8 Å². The van der Waals surface area contributed by atoms with E-state index >= 15 is 0 Å². The SMILES string of the molecule is C/C(=C/CNc1ccc(C(F)(F)F)cc1)C(=O)O. The normalized spacial score (nSPS) is 12.3. The van der Waals surface area contributed by atoms with Crippen LogP contribution in [0.2, 0.25) is 0 Å². The average molecular weight is 259 g/mol. The number of anilines is 1. The van der Waals surface area contributed by atoms with E-state index in [4.69, 9.17) is 5.11 Å². The second-order valence-electron chi connectivity index (χ2n) is 3.65. The molecule has 0 heterocycles. The summed E-state index contributed by atoms with van der Waals surface area (Å²) in [6.07, 6.45) is -2.90. The molecule has 1 rings (SSSR count). The van der Waals surface area contributed by atoms with E-state index < -0.39 is 17.7 Å². The second kappa shape index (κ2) is 5.57. The van der Waals surface area contributed by atoms with E-state index in [-0.39, 0.29) is 12.1 Å². The van der Waals surface area contributed by atoms with Gasteiger partial charge in [0.2, 0.25) is 0 Å². The average Bonchev–Trinajstić information content (AvgIpc) is 2.28. The third-order valence-electron chi connectivity index (χ3n) is 2.26. The van der Waals surface area contributed by atoms with Crippen molar-refractivity contribution in [1.29, 1.82) is 0 Å². The number of aliphatic carboxylic acids is 1. The van der Waals surface area contributed by atoms with Gasteiger partial charge in [0.05, 0.1) is 5.56 Å². The van der Waals surface area contributed by atoms with Gasteiger partial charge in [-0.15, -0.1) is 0 Å². The molecule has 18 heavy (non-hydrogen) atoms. The van der Waals surface area contributed by atoms with Crippen molar-refractivity contribution in [2.75, 3.05) is 11.9 Å². The first-order valence-corrected chi connectivity index (χ1v) is 5.12. The molecule has 0 amide bonds. The quantitative estimate of drug-likeness (QED) is 0.816. The van der Waals surface area contributed by atoms with Gasteiger partial charge < -0.3 is 10.4 Å². The first-order valence-electron chi connectivity index (χ1n) is 5.12. The van der Waals surface area contributed by atoms with Crippen LogP contribution in [-0.2, 0) is 11.0 Å². The number of carbonyl (C=O) groups is 1. The number of carboxylic acids is 1. The van der Waals surface area contributed by atoms with Crippen LogP contribution in [0.4, 0.5) is 18.9 Å². The van der Waals surface area contributed by atoms with E-state index in [1.165, 1.54) is 25.1 Å². The van der Waals surface area contributed by atoms with Crippen LogP contribution in [0, 0.1) is 0 Å². The van der Waals surface area contributed by atoms with Crippen molar-refractivity contribution in [3.8, 4) is 0 Å². The molecule has 2 N–H and O–H groups in total. The minimum Gasteiger partial charge on any atom is -0.478 e. The summed E-state index contributed by atoms with van der Waals surface area (Å²) in [5, 5.41) is 11.4. The minimum absolute atomic E-state index is 0.175. The molecule has 1 aromatic rings. The number of benzene rings is 1. The lowest BCUT2D eigenvalue weighted by Crippen LogP contribution is -2.06. The van der Waals surface area contributed by atoms with Crippen molar-refractivity contribution in [2.24, 2.45) is 0 Å². The third kappa shape index (κ3) is 4.12. The number of hydrogen-bond acceptors (Lipinski definition) is 2. The molecule has 98 valence electrons. The summed E-state index contributed by atoms with van der Waals surface area (Å²) >= 11 is 0. The molecule has 0 aliphatic rings. The summed E-state index contributed by atoms with van der Waals surface area (Å²) in [7, 11) is 0. The molecule has 0 aromatic heterocycles. The van der Waals surface area contributed by atoms with E-state index in [0.29, 0.717) is 5.69 Å². The highest BCUT2D eigenvalue weighted by Crippen LogP contribution is 2.29. The second-order valence-corrected chi connectivity index (χ2v) is 3.65. The Morgan fingerprint density at radius 3 is 2.33 bits per heavy atom. The maximum Gasteiger partial charge on any atom is 0.416 e. The van der Waals surface area contributed by atoms with Gasteiger partial charge in [0.25, 0.3) is 0 Å². The van der Waals surface area contributed by atoms with Crippen LogP contribution >= 0.6 is 0 Å². The van der Waals surface area contributed by atoms with Gasteiger partial charge in [-0.2, -0.15) is 13.2 Å². The first kappa shape index (κ1) is 14.1. The van der Waals surface area contributed by atoms with Crippen LogP contribution in [-0.4, -0.2) is 17.6 Å². The number of hydrogen-bond donors (Lipinski definition) is 2. The summed E-state index contributed by atoms with van der Waals surface area (Å²) in [4.78, 5) is 10.5. The molecule has 0 bridgehead atoms. The van der Waals surface area contributed by atoms with Gasteiger partial charge in [-0.1, -0.05) is 6.08 Å². The van der Waals surface area contributed by atoms with E-state index in [2.05, 4.69) is 5.32 Å². The maximum absolute atomic E-state index is 12.3. The Morgan fingerprint density at radius 2 is 1.89 bits per heavy atom. The van der Waals surface area contributed by atoms with Crippen molar-refractivity contribution >= 4 is 11.7 Å². The standard InChI is InChI=1S/C12H12F3NO2/c1-8(11(17)18)6-7-16-10-4-2-9(3-5-10)12(13,14)15/h2-6,16H,7H2,1H3,(H,17,18)/b8-6-. The van der Waals surface area contributed by atoms with Gasteiger partial charge in [-0.05, 0) is 31.2 Å². The third-order valence-corrected chi connectivity index (χ3v) is 2.26. The monoisotopic (exact) mass is 259 g/mol. The van der Waals surface area contributed by atoms with Crippen molar-refractivity contribution in [3.05, 3.63) is 41.5 Å². The molecule has 0 aliphatic carbocycles. The van der Waals surface area contributed by atoms with Crippen LogP contribution in [0.3, 0.4) is 0 Å². The fraction of sp³-hybridized carbons (Fsp3) is 0.250. The Balaban J connectivity index is 2.60. The predicted octanol–water partition coefficient (Wildman–Crippen LogP) is 3.15. The number of rotatable bonds is 4. The van der Waals surface area contributed by atoms with Crippen LogP contribution in [0.5, 0.6) is 0 Å². The Hall–Kier alpha value is -1.98. The van der Waals surface area contributed by atoms with Crippen LogP contribution in [0.25, 0.3) is 0 Å². The van der Waals surface area contributed by atoms with Gasteiger partial charge in [-0.25, -0.2) is 4.79 Å². The molecule has 1 aromatic carbocycles. The molecule has 0 fully saturated rings. The van der Waals surface area contributed by atoms with Crippen LogP contribution in [0.15, 0.2) is 35.9 Å². The largest absolute Gasteiger partial charge is 0.478 e. The lowest BCUT2D eigenvalue weighted by atomic mass is 10.2. The van der Waals surface area contributed by atoms with E-state index in [0.717, 1.165) is 12.1 Å². The van der Waals surface area contributed by atoms with Crippen molar-refractivity contribution < 1.29 is 23.1 Å². The Kier molecular flexibility index (Phi) is 4.36. The molecule has 0 unspecified atom stereocenters. The van der Waals surface area contributed by atoms with Gasteiger partial charge in [-0.3, -0.25) is 0 Å². The summed E-state index contributed by atoms with van der Waals surface area (Å²) in [5.41, 5.74) is -0.0443. The molecular formula is C12H12F3NO2. The van der Waals surface area contributed by atoms with Crippen molar-refractivity contribution in [1.82, 2.24) is 0 Å². The number of carboxylic acid groups (broad SMARTS) is 1. The summed E-state index contributed by atoms with van der Waals surface area (Å²) in [6, 6.07) is 4.53. The topological polar surface area (TPSA) is 49.3 Å². The van der Waals surface area contributed by atoms with Crippen molar-refractivity contribution in [3.63, 3.8) is 0 Å². The van der Waals surface area contributed by atoms with E-state index in [1.54, 1.807) is 0 Å². The lowest BCUT2D eigenvalue weighted by molar-refractivity contribution is -0.137. The lowest BCUT2D eigenvalue weighted by Gasteiger charge is -2.08. The molecule has 3 nitrogen and oxygen atoms in total.